The molecule has 0 saturated carbocycles. The van der Waals surface area contributed by atoms with Crippen molar-refractivity contribution in [1.29, 1.82) is 0 Å². The van der Waals surface area contributed by atoms with Crippen LogP contribution in [0.15, 0.2) is 42.5 Å². The molecule has 8 heteroatoms. The number of carbonyl (C=O) groups excluding carboxylic acids is 1. The number of benzene rings is 2. The summed E-state index contributed by atoms with van der Waals surface area (Å²) in [6, 6.07) is 12.3. The summed E-state index contributed by atoms with van der Waals surface area (Å²) in [5.74, 6) is 0.382. The van der Waals surface area contributed by atoms with Crippen molar-refractivity contribution >= 4 is 17.0 Å². The number of rotatable bonds is 8. The molecule has 31 heavy (non-hydrogen) atoms. The average Bonchev–Trinajstić information content (AvgIpc) is 2.74. The van der Waals surface area contributed by atoms with Crippen LogP contribution in [0.25, 0.3) is 0 Å². The van der Waals surface area contributed by atoms with E-state index in [1.165, 1.54) is 12.1 Å². The second-order valence-corrected chi connectivity index (χ2v) is 9.01. The van der Waals surface area contributed by atoms with Gasteiger partial charge in [0.05, 0.1) is 5.75 Å². The van der Waals surface area contributed by atoms with Crippen molar-refractivity contribution in [3.63, 3.8) is 0 Å². The van der Waals surface area contributed by atoms with Gasteiger partial charge in [-0.25, -0.2) is 8.60 Å². The molecule has 2 aromatic rings. The third kappa shape index (κ3) is 6.85. The first-order chi connectivity index (χ1) is 14.8. The van der Waals surface area contributed by atoms with Crippen molar-refractivity contribution in [3.05, 3.63) is 65.0 Å². The topological polar surface area (TPSA) is 70.1 Å². The van der Waals surface area contributed by atoms with Crippen LogP contribution < -0.4 is 4.74 Å². The van der Waals surface area contributed by atoms with Crippen LogP contribution in [0.5, 0.6) is 5.75 Å². The lowest BCUT2D eigenvalue weighted by Gasteiger charge is -2.39. The maximum atomic E-state index is 13.1. The fourth-order valence-electron chi connectivity index (χ4n) is 3.75. The molecule has 1 fully saturated rings. The molecule has 0 bridgehead atoms. The molecule has 0 spiro atoms. The Bertz CT molecular complexity index is 922. The fraction of sp³-hybridized carbons (Fsp3) is 0.435. The third-order valence-electron chi connectivity index (χ3n) is 5.53. The SMILES string of the molecule is Cc1ccc(OCC(=O)N2CCN(Cc3ccc(F)cc3)[C@@H](C)C2)c(CCS(=O)O)c1. The van der Waals surface area contributed by atoms with Crippen LogP contribution in [-0.2, 0) is 28.8 Å². The molecule has 6 nitrogen and oxygen atoms in total. The lowest BCUT2D eigenvalue weighted by molar-refractivity contribution is -0.136. The molecule has 1 heterocycles. The second-order valence-electron chi connectivity index (χ2n) is 7.96. The van der Waals surface area contributed by atoms with E-state index in [1.807, 2.05) is 30.0 Å². The number of carbonyl (C=O) groups is 1. The predicted octanol–water partition coefficient (Wildman–Crippen LogP) is 3.01. The number of ether oxygens (including phenoxy) is 1. The van der Waals surface area contributed by atoms with Crippen molar-refractivity contribution in [2.45, 2.75) is 32.9 Å². The normalized spacial score (nSPS) is 18.1. The minimum atomic E-state index is -1.88. The molecule has 0 aliphatic carbocycles. The van der Waals surface area contributed by atoms with E-state index in [-0.39, 0.29) is 30.1 Å². The van der Waals surface area contributed by atoms with Crippen LogP contribution in [0.4, 0.5) is 4.39 Å². The minimum Gasteiger partial charge on any atom is -0.483 e. The molecular formula is C23H29FN2O4S. The molecule has 1 saturated heterocycles. The van der Waals surface area contributed by atoms with Gasteiger partial charge < -0.3 is 14.2 Å². The highest BCUT2D eigenvalue weighted by molar-refractivity contribution is 7.79. The number of amides is 1. The summed E-state index contributed by atoms with van der Waals surface area (Å²) < 4.78 is 39.0. The van der Waals surface area contributed by atoms with Crippen LogP contribution >= 0.6 is 0 Å². The number of hydrogen-bond acceptors (Lipinski definition) is 4. The van der Waals surface area contributed by atoms with Gasteiger partial charge in [-0.05, 0) is 49.6 Å². The standard InChI is InChI=1S/C23H29FN2O4S/c1-17-3-8-22(20(13-17)9-12-31(28)29)30-16-23(27)26-11-10-25(18(2)14-26)15-19-4-6-21(24)7-5-19/h3-8,13,18H,9-12,14-16H2,1-2H3,(H,28,29)/t18-/m0/s1. The maximum absolute atomic E-state index is 13.1. The molecular weight excluding hydrogens is 419 g/mol. The van der Waals surface area contributed by atoms with E-state index in [0.717, 1.165) is 29.8 Å². The highest BCUT2D eigenvalue weighted by Crippen LogP contribution is 2.21. The van der Waals surface area contributed by atoms with Crippen molar-refractivity contribution in [1.82, 2.24) is 9.80 Å². The Morgan fingerprint density at radius 3 is 2.65 bits per heavy atom. The van der Waals surface area contributed by atoms with Gasteiger partial charge in [0.25, 0.3) is 5.91 Å². The Hall–Kier alpha value is -2.29. The van der Waals surface area contributed by atoms with Gasteiger partial charge in [0.15, 0.2) is 17.7 Å². The van der Waals surface area contributed by atoms with E-state index in [1.54, 1.807) is 12.1 Å². The molecule has 1 N–H and O–H groups in total. The molecule has 168 valence electrons. The van der Waals surface area contributed by atoms with Gasteiger partial charge in [0.1, 0.15) is 11.6 Å². The van der Waals surface area contributed by atoms with Gasteiger partial charge in [0, 0.05) is 32.2 Å². The third-order valence-corrected chi connectivity index (χ3v) is 6.08. The molecule has 1 unspecified atom stereocenters. The average molecular weight is 449 g/mol. The summed E-state index contributed by atoms with van der Waals surface area (Å²) in [7, 11) is 0. The van der Waals surface area contributed by atoms with Gasteiger partial charge >= 0.3 is 0 Å². The Balaban J connectivity index is 1.53. The van der Waals surface area contributed by atoms with E-state index in [0.29, 0.717) is 25.3 Å². The number of hydrogen-bond donors (Lipinski definition) is 1. The number of aryl methyl sites for hydroxylation is 2. The molecule has 2 aromatic carbocycles. The lowest BCUT2D eigenvalue weighted by Crippen LogP contribution is -2.54. The summed E-state index contributed by atoms with van der Waals surface area (Å²) in [4.78, 5) is 16.8. The van der Waals surface area contributed by atoms with Crippen LogP contribution in [0.2, 0.25) is 0 Å². The molecule has 1 aliphatic heterocycles. The van der Waals surface area contributed by atoms with E-state index in [4.69, 9.17) is 9.29 Å². The highest BCUT2D eigenvalue weighted by Gasteiger charge is 2.27. The Morgan fingerprint density at radius 2 is 1.97 bits per heavy atom. The monoisotopic (exact) mass is 448 g/mol. The van der Waals surface area contributed by atoms with E-state index >= 15 is 0 Å². The van der Waals surface area contributed by atoms with Gasteiger partial charge in [-0.2, -0.15) is 0 Å². The Labute approximate surface area is 185 Å². The zero-order chi connectivity index (χ0) is 22.4. The van der Waals surface area contributed by atoms with E-state index < -0.39 is 11.1 Å². The van der Waals surface area contributed by atoms with Gasteiger partial charge in [-0.15, -0.1) is 0 Å². The van der Waals surface area contributed by atoms with E-state index in [2.05, 4.69) is 11.8 Å². The summed E-state index contributed by atoms with van der Waals surface area (Å²) in [5.41, 5.74) is 2.91. The molecule has 1 amide bonds. The quantitative estimate of drug-likeness (QED) is 0.629. The van der Waals surface area contributed by atoms with Gasteiger partial charge in [-0.1, -0.05) is 29.8 Å². The first-order valence-corrected chi connectivity index (χ1v) is 11.7. The Kier molecular flexibility index (Phi) is 8.17. The van der Waals surface area contributed by atoms with Crippen molar-refractivity contribution in [2.75, 3.05) is 32.0 Å². The number of halogens is 1. The number of nitrogens with zero attached hydrogens (tertiary/aromatic N) is 2. The largest absolute Gasteiger partial charge is 0.483 e. The molecule has 0 radical (unpaired) electrons. The second kappa shape index (κ2) is 10.8. The predicted molar refractivity (Wildman–Crippen MR) is 119 cm³/mol. The molecule has 1 aliphatic rings. The van der Waals surface area contributed by atoms with Crippen molar-refractivity contribution in [2.24, 2.45) is 0 Å². The first-order valence-electron chi connectivity index (χ1n) is 10.4. The smallest absolute Gasteiger partial charge is 0.260 e. The zero-order valence-electron chi connectivity index (χ0n) is 17.9. The maximum Gasteiger partial charge on any atom is 0.260 e. The van der Waals surface area contributed by atoms with Gasteiger partial charge in [-0.3, -0.25) is 9.69 Å². The van der Waals surface area contributed by atoms with Crippen LogP contribution in [0, 0.1) is 12.7 Å². The molecule has 0 aromatic heterocycles. The molecule has 3 rings (SSSR count). The highest BCUT2D eigenvalue weighted by atomic mass is 32.2. The number of piperazine rings is 1. The van der Waals surface area contributed by atoms with Crippen LogP contribution in [0.3, 0.4) is 0 Å². The van der Waals surface area contributed by atoms with Crippen LogP contribution in [-0.4, -0.2) is 62.5 Å². The summed E-state index contributed by atoms with van der Waals surface area (Å²) in [5, 5.41) is 0. The van der Waals surface area contributed by atoms with E-state index in [9.17, 15) is 13.4 Å². The van der Waals surface area contributed by atoms with Crippen molar-refractivity contribution in [3.8, 4) is 5.75 Å². The Morgan fingerprint density at radius 1 is 1.23 bits per heavy atom. The van der Waals surface area contributed by atoms with Gasteiger partial charge in [0.2, 0.25) is 0 Å². The lowest BCUT2D eigenvalue weighted by atomic mass is 10.1. The summed E-state index contributed by atoms with van der Waals surface area (Å²) >= 11 is -1.88. The van der Waals surface area contributed by atoms with Crippen LogP contribution in [0.1, 0.15) is 23.6 Å². The first kappa shape index (κ1) is 23.4. The summed E-state index contributed by atoms with van der Waals surface area (Å²) in [6.45, 7) is 6.63. The minimum absolute atomic E-state index is 0.0665. The fourth-order valence-corrected chi connectivity index (χ4v) is 4.15. The zero-order valence-corrected chi connectivity index (χ0v) is 18.7. The van der Waals surface area contributed by atoms with Crippen molar-refractivity contribution < 1.29 is 22.7 Å². The summed E-state index contributed by atoms with van der Waals surface area (Å²) in [6.07, 6.45) is 0.410. The molecule has 2 atom stereocenters.